The molecule has 0 saturated carbocycles. The molecule has 0 aromatic carbocycles. The second kappa shape index (κ2) is 4.11. The molecule has 1 saturated heterocycles. The van der Waals surface area contributed by atoms with Crippen LogP contribution in [0.1, 0.15) is 6.92 Å². The average Bonchev–Trinajstić information content (AvgIpc) is 2.18. The van der Waals surface area contributed by atoms with Gasteiger partial charge in [0.25, 0.3) is 0 Å². The Morgan fingerprint density at radius 1 is 1.64 bits per heavy atom. The van der Waals surface area contributed by atoms with Crippen LogP contribution in [0.2, 0.25) is 5.28 Å². The number of hydrogen-bond donors (Lipinski definition) is 1. The molecule has 0 radical (unpaired) electrons. The quantitative estimate of drug-likeness (QED) is 0.704. The number of nitrogens with zero attached hydrogens (tertiary/aromatic N) is 3. The van der Waals surface area contributed by atoms with Crippen LogP contribution in [-0.4, -0.2) is 35.6 Å². The van der Waals surface area contributed by atoms with Crippen molar-refractivity contribution in [2.75, 3.05) is 24.5 Å². The number of halogens is 1. The summed E-state index contributed by atoms with van der Waals surface area (Å²) in [7, 11) is 0. The lowest BCUT2D eigenvalue weighted by Gasteiger charge is -2.34. The van der Waals surface area contributed by atoms with Gasteiger partial charge in [0, 0.05) is 31.9 Å². The van der Waals surface area contributed by atoms with Gasteiger partial charge in [-0.15, -0.1) is 0 Å². The van der Waals surface area contributed by atoms with Crippen molar-refractivity contribution in [3.8, 4) is 0 Å². The van der Waals surface area contributed by atoms with E-state index in [1.807, 2.05) is 6.07 Å². The first-order valence-corrected chi connectivity index (χ1v) is 5.11. The van der Waals surface area contributed by atoms with E-state index in [1.165, 1.54) is 0 Å². The number of nitrogens with one attached hydrogen (secondary N) is 1. The van der Waals surface area contributed by atoms with Crippen molar-refractivity contribution in [3.63, 3.8) is 0 Å². The fourth-order valence-corrected chi connectivity index (χ4v) is 1.81. The summed E-state index contributed by atoms with van der Waals surface area (Å²) < 4.78 is 0. The Morgan fingerprint density at radius 2 is 2.50 bits per heavy atom. The van der Waals surface area contributed by atoms with Crippen LogP contribution < -0.4 is 10.2 Å². The largest absolute Gasteiger partial charge is 0.351 e. The van der Waals surface area contributed by atoms with Gasteiger partial charge in [-0.1, -0.05) is 0 Å². The molecular weight excluding hydrogens is 200 g/mol. The number of piperazine rings is 1. The van der Waals surface area contributed by atoms with Gasteiger partial charge in [0.1, 0.15) is 5.82 Å². The summed E-state index contributed by atoms with van der Waals surface area (Å²) in [5.74, 6) is 0.916. The van der Waals surface area contributed by atoms with Crippen LogP contribution in [0, 0.1) is 0 Å². The summed E-state index contributed by atoms with van der Waals surface area (Å²) in [6.45, 7) is 5.12. The van der Waals surface area contributed by atoms with E-state index in [4.69, 9.17) is 11.6 Å². The molecule has 1 atom stereocenters. The van der Waals surface area contributed by atoms with E-state index < -0.39 is 0 Å². The van der Waals surface area contributed by atoms with Gasteiger partial charge in [-0.2, -0.15) is 0 Å². The van der Waals surface area contributed by atoms with Gasteiger partial charge in [-0.3, -0.25) is 0 Å². The van der Waals surface area contributed by atoms with Gasteiger partial charge in [-0.05, 0) is 24.6 Å². The van der Waals surface area contributed by atoms with Gasteiger partial charge >= 0.3 is 0 Å². The summed E-state index contributed by atoms with van der Waals surface area (Å²) in [5.41, 5.74) is 0. The maximum absolute atomic E-state index is 5.75. The molecule has 0 bridgehead atoms. The molecule has 4 nitrogen and oxygen atoms in total. The first kappa shape index (κ1) is 9.68. The molecule has 1 aliphatic heterocycles. The lowest BCUT2D eigenvalue weighted by Crippen LogP contribution is -2.50. The second-order valence-corrected chi connectivity index (χ2v) is 3.77. The van der Waals surface area contributed by atoms with Crippen molar-refractivity contribution in [1.29, 1.82) is 0 Å². The SMILES string of the molecule is CC1CNCCN1c1ccnc(Cl)n1. The standard InChI is InChI=1S/C9H13ClN4/c1-7-6-11-4-5-14(7)8-2-3-12-9(10)13-8/h2-3,7,11H,4-6H2,1H3. The van der Waals surface area contributed by atoms with E-state index in [-0.39, 0.29) is 0 Å². The maximum Gasteiger partial charge on any atom is 0.224 e. The van der Waals surface area contributed by atoms with Crippen molar-refractivity contribution in [1.82, 2.24) is 15.3 Å². The molecule has 76 valence electrons. The molecule has 1 aromatic heterocycles. The van der Waals surface area contributed by atoms with Crippen LogP contribution in [0.3, 0.4) is 0 Å². The summed E-state index contributed by atoms with van der Waals surface area (Å²) in [4.78, 5) is 10.3. The lowest BCUT2D eigenvalue weighted by atomic mass is 10.2. The molecule has 1 aliphatic rings. The number of rotatable bonds is 1. The Balaban J connectivity index is 2.20. The van der Waals surface area contributed by atoms with Crippen LogP contribution in [-0.2, 0) is 0 Å². The van der Waals surface area contributed by atoms with Crippen molar-refractivity contribution < 1.29 is 0 Å². The third-order valence-corrected chi connectivity index (χ3v) is 2.59. The highest BCUT2D eigenvalue weighted by molar-refractivity contribution is 6.28. The van der Waals surface area contributed by atoms with Crippen molar-refractivity contribution in [2.45, 2.75) is 13.0 Å². The Labute approximate surface area is 88.3 Å². The van der Waals surface area contributed by atoms with E-state index >= 15 is 0 Å². The molecule has 5 heteroatoms. The highest BCUT2D eigenvalue weighted by Crippen LogP contribution is 2.16. The first-order chi connectivity index (χ1) is 6.77. The van der Waals surface area contributed by atoms with E-state index in [0.717, 1.165) is 25.5 Å². The molecule has 2 rings (SSSR count). The number of anilines is 1. The Morgan fingerprint density at radius 3 is 3.21 bits per heavy atom. The highest BCUT2D eigenvalue weighted by atomic mass is 35.5. The number of aromatic nitrogens is 2. The van der Waals surface area contributed by atoms with Gasteiger partial charge in [0.15, 0.2) is 0 Å². The summed E-state index contributed by atoms with van der Waals surface area (Å²) in [5, 5.41) is 3.64. The van der Waals surface area contributed by atoms with Crippen molar-refractivity contribution in [2.24, 2.45) is 0 Å². The average molecular weight is 213 g/mol. The van der Waals surface area contributed by atoms with Gasteiger partial charge in [0.05, 0.1) is 0 Å². The zero-order valence-electron chi connectivity index (χ0n) is 8.07. The van der Waals surface area contributed by atoms with Crippen LogP contribution in [0.15, 0.2) is 12.3 Å². The predicted molar refractivity (Wildman–Crippen MR) is 56.7 cm³/mol. The topological polar surface area (TPSA) is 41.0 Å². The van der Waals surface area contributed by atoms with Gasteiger partial charge in [-0.25, -0.2) is 9.97 Å². The van der Waals surface area contributed by atoms with Crippen molar-refractivity contribution in [3.05, 3.63) is 17.5 Å². The smallest absolute Gasteiger partial charge is 0.224 e. The molecule has 1 unspecified atom stereocenters. The van der Waals surface area contributed by atoms with E-state index in [2.05, 4.69) is 27.1 Å². The molecule has 2 heterocycles. The monoisotopic (exact) mass is 212 g/mol. The minimum absolute atomic E-state index is 0.313. The fraction of sp³-hybridized carbons (Fsp3) is 0.556. The zero-order valence-corrected chi connectivity index (χ0v) is 8.83. The van der Waals surface area contributed by atoms with Crippen LogP contribution in [0.4, 0.5) is 5.82 Å². The molecule has 14 heavy (non-hydrogen) atoms. The van der Waals surface area contributed by atoms with Crippen LogP contribution >= 0.6 is 11.6 Å². The Hall–Kier alpha value is -0.870. The molecule has 0 aliphatic carbocycles. The summed E-state index contributed by atoms with van der Waals surface area (Å²) in [6.07, 6.45) is 1.69. The lowest BCUT2D eigenvalue weighted by molar-refractivity contribution is 0.497. The number of hydrogen-bond acceptors (Lipinski definition) is 4. The molecular formula is C9H13ClN4. The first-order valence-electron chi connectivity index (χ1n) is 4.73. The molecule has 1 N–H and O–H groups in total. The maximum atomic E-state index is 5.75. The minimum atomic E-state index is 0.313. The Bertz CT molecular complexity index is 317. The van der Waals surface area contributed by atoms with Crippen molar-refractivity contribution >= 4 is 17.4 Å². The third-order valence-electron chi connectivity index (χ3n) is 2.41. The highest BCUT2D eigenvalue weighted by Gasteiger charge is 2.19. The van der Waals surface area contributed by atoms with Gasteiger partial charge in [0.2, 0.25) is 5.28 Å². The van der Waals surface area contributed by atoms with E-state index in [0.29, 0.717) is 11.3 Å². The third kappa shape index (κ3) is 1.96. The molecule has 1 aromatic rings. The van der Waals surface area contributed by atoms with Crippen LogP contribution in [0.25, 0.3) is 0 Å². The zero-order chi connectivity index (χ0) is 9.97. The minimum Gasteiger partial charge on any atom is -0.351 e. The molecule has 1 fully saturated rings. The second-order valence-electron chi connectivity index (χ2n) is 3.43. The van der Waals surface area contributed by atoms with Crippen LogP contribution in [0.5, 0.6) is 0 Å². The summed E-state index contributed by atoms with van der Waals surface area (Å²) >= 11 is 5.75. The predicted octanol–water partition coefficient (Wildman–Crippen LogP) is 0.928. The van der Waals surface area contributed by atoms with E-state index in [9.17, 15) is 0 Å². The Kier molecular flexibility index (Phi) is 2.84. The molecule has 0 amide bonds. The fourth-order valence-electron chi connectivity index (χ4n) is 1.67. The van der Waals surface area contributed by atoms with E-state index in [1.54, 1.807) is 6.20 Å². The summed E-state index contributed by atoms with van der Waals surface area (Å²) in [6, 6.07) is 2.35. The van der Waals surface area contributed by atoms with Gasteiger partial charge < -0.3 is 10.2 Å². The normalized spacial score (nSPS) is 22.4. The molecule has 0 spiro atoms.